The second kappa shape index (κ2) is 10.0. The van der Waals surface area contributed by atoms with Crippen LogP contribution in [0.1, 0.15) is 19.8 Å². The van der Waals surface area contributed by atoms with E-state index in [1.54, 1.807) is 6.92 Å². The van der Waals surface area contributed by atoms with Crippen LogP contribution in [0.15, 0.2) is 91.0 Å². The van der Waals surface area contributed by atoms with Crippen molar-refractivity contribution in [1.29, 1.82) is 0 Å². The van der Waals surface area contributed by atoms with E-state index in [9.17, 15) is 14.4 Å². The zero-order valence-electron chi connectivity index (χ0n) is 18.4. The number of carbonyl (C=O) groups is 3. The van der Waals surface area contributed by atoms with Gasteiger partial charge in [0.05, 0.1) is 12.6 Å². The fraction of sp³-hybridized carbons (Fsp3) is 0.185. The summed E-state index contributed by atoms with van der Waals surface area (Å²) in [5.74, 6) is -1.18. The number of carbonyl (C=O) groups excluding carboxylic acids is 3. The monoisotopic (exact) mass is 459 g/mol. The van der Waals surface area contributed by atoms with E-state index < -0.39 is 18.9 Å². The molecule has 1 aliphatic heterocycles. The van der Waals surface area contributed by atoms with Gasteiger partial charge in [0.25, 0.3) is 0 Å². The SMILES string of the molecule is CCOC(=O)C(C(=O)[C@@H]1CCC(=O)N1)=P(c1ccccc1)(c1ccccc1)c1ccccc1. The summed E-state index contributed by atoms with van der Waals surface area (Å²) in [6, 6.07) is 28.3. The van der Waals surface area contributed by atoms with E-state index in [2.05, 4.69) is 5.32 Å². The van der Waals surface area contributed by atoms with Crippen molar-refractivity contribution in [2.24, 2.45) is 0 Å². The molecule has 1 amide bonds. The molecule has 1 saturated heterocycles. The Balaban J connectivity index is 2.19. The molecular formula is C27H26NO4P. The Labute approximate surface area is 193 Å². The number of amides is 1. The van der Waals surface area contributed by atoms with Gasteiger partial charge in [-0.3, -0.25) is 9.59 Å². The van der Waals surface area contributed by atoms with Crippen molar-refractivity contribution in [2.45, 2.75) is 25.8 Å². The van der Waals surface area contributed by atoms with Gasteiger partial charge < -0.3 is 10.1 Å². The lowest BCUT2D eigenvalue weighted by Crippen LogP contribution is -2.45. The molecule has 6 heteroatoms. The Hall–Kier alpha value is -3.43. The molecule has 3 aromatic rings. The molecule has 0 bridgehead atoms. The standard InChI is InChI=1S/C27H26NO4P/c1-2-32-27(31)26(25(30)23-18-19-24(29)28-23)33(20-12-6-3-7-13-20,21-14-8-4-9-15-21)22-16-10-5-11-17-22/h3-17,23H,2,18-19H2,1H3,(H,28,29)/t23-/m0/s1. The fourth-order valence-corrected chi connectivity index (χ4v) is 8.72. The lowest BCUT2D eigenvalue weighted by atomic mass is 10.1. The van der Waals surface area contributed by atoms with Gasteiger partial charge in [0.15, 0.2) is 5.78 Å². The quantitative estimate of drug-likeness (QED) is 0.335. The maximum Gasteiger partial charge on any atom is 0.342 e. The average molecular weight is 459 g/mol. The van der Waals surface area contributed by atoms with Crippen LogP contribution >= 0.6 is 6.89 Å². The number of hydrogen-bond donors (Lipinski definition) is 1. The Bertz CT molecular complexity index is 1100. The Morgan fingerprint density at radius 1 is 0.848 bits per heavy atom. The lowest BCUT2D eigenvalue weighted by Gasteiger charge is -2.32. The summed E-state index contributed by atoms with van der Waals surface area (Å²) >= 11 is 0. The minimum absolute atomic E-state index is 0.111. The van der Waals surface area contributed by atoms with Crippen molar-refractivity contribution < 1.29 is 19.1 Å². The molecule has 0 saturated carbocycles. The summed E-state index contributed by atoms with van der Waals surface area (Å²) in [5.41, 5.74) is 0. The molecule has 0 unspecified atom stereocenters. The summed E-state index contributed by atoms with van der Waals surface area (Å²) in [6.07, 6.45) is 0.624. The zero-order chi connectivity index (χ0) is 23.3. The van der Waals surface area contributed by atoms with Gasteiger partial charge in [0, 0.05) is 6.42 Å². The molecule has 33 heavy (non-hydrogen) atoms. The van der Waals surface area contributed by atoms with Crippen LogP contribution < -0.4 is 21.2 Å². The third kappa shape index (κ3) is 4.29. The van der Waals surface area contributed by atoms with Crippen LogP contribution in [-0.4, -0.2) is 35.6 Å². The second-order valence-electron chi connectivity index (χ2n) is 7.77. The van der Waals surface area contributed by atoms with E-state index in [0.717, 1.165) is 15.9 Å². The number of ketones is 1. The molecule has 0 spiro atoms. The lowest BCUT2D eigenvalue weighted by molar-refractivity contribution is -0.135. The predicted molar refractivity (Wildman–Crippen MR) is 133 cm³/mol. The highest BCUT2D eigenvalue weighted by molar-refractivity contribution is 7.97. The maximum atomic E-state index is 14.0. The number of Topliss-reactive ketones (excluding diaryl/α,β-unsaturated/α-hetero) is 1. The first-order chi connectivity index (χ1) is 16.1. The molecule has 168 valence electrons. The molecule has 4 rings (SSSR count). The van der Waals surface area contributed by atoms with Crippen molar-refractivity contribution in [1.82, 2.24) is 5.32 Å². The highest BCUT2D eigenvalue weighted by Gasteiger charge is 2.41. The summed E-state index contributed by atoms with van der Waals surface area (Å²) < 4.78 is 5.50. The normalized spacial score (nSPS) is 15.5. The fourth-order valence-electron chi connectivity index (χ4n) is 4.37. The van der Waals surface area contributed by atoms with Crippen molar-refractivity contribution in [3.63, 3.8) is 0 Å². The molecule has 5 nitrogen and oxygen atoms in total. The topological polar surface area (TPSA) is 72.5 Å². The van der Waals surface area contributed by atoms with Gasteiger partial charge in [-0.15, -0.1) is 0 Å². The molecule has 0 aromatic heterocycles. The van der Waals surface area contributed by atoms with Gasteiger partial charge >= 0.3 is 5.97 Å². The second-order valence-corrected chi connectivity index (χ2v) is 11.1. The molecule has 1 fully saturated rings. The van der Waals surface area contributed by atoms with Crippen molar-refractivity contribution in [3.8, 4) is 0 Å². The van der Waals surface area contributed by atoms with Crippen molar-refractivity contribution in [2.75, 3.05) is 6.61 Å². The third-order valence-corrected chi connectivity index (χ3v) is 10.1. The molecule has 1 heterocycles. The van der Waals surface area contributed by atoms with Crippen LogP contribution in [0, 0.1) is 0 Å². The van der Waals surface area contributed by atoms with E-state index in [1.165, 1.54) is 0 Å². The highest BCUT2D eigenvalue weighted by Crippen LogP contribution is 2.47. The largest absolute Gasteiger partial charge is 0.462 e. The smallest absolute Gasteiger partial charge is 0.342 e. The highest BCUT2D eigenvalue weighted by atomic mass is 31.2. The van der Waals surface area contributed by atoms with E-state index in [4.69, 9.17) is 4.74 Å². The van der Waals surface area contributed by atoms with Crippen LogP contribution in [0.3, 0.4) is 0 Å². The van der Waals surface area contributed by atoms with E-state index in [1.807, 2.05) is 91.0 Å². The molecule has 1 aliphatic rings. The van der Waals surface area contributed by atoms with E-state index >= 15 is 0 Å². The number of nitrogens with one attached hydrogen (secondary N) is 1. The predicted octanol–water partition coefficient (Wildman–Crippen LogP) is 2.56. The number of benzene rings is 3. The number of esters is 1. The van der Waals surface area contributed by atoms with Gasteiger partial charge in [-0.2, -0.15) is 0 Å². The van der Waals surface area contributed by atoms with E-state index in [0.29, 0.717) is 6.42 Å². The Morgan fingerprint density at radius 2 is 1.30 bits per heavy atom. The summed E-state index contributed by atoms with van der Waals surface area (Å²) in [7, 11) is 0. The first kappa shape index (κ1) is 22.8. The first-order valence-electron chi connectivity index (χ1n) is 11.0. The summed E-state index contributed by atoms with van der Waals surface area (Å²) in [5, 5.41) is 5.50. The van der Waals surface area contributed by atoms with Gasteiger partial charge in [0.1, 0.15) is 5.29 Å². The number of rotatable bonds is 7. The molecule has 0 radical (unpaired) electrons. The molecule has 1 atom stereocenters. The summed E-state index contributed by atoms with van der Waals surface area (Å²) in [6.45, 7) is -1.07. The van der Waals surface area contributed by atoms with Crippen LogP contribution in [0.25, 0.3) is 0 Å². The minimum atomic E-state index is -2.94. The summed E-state index contributed by atoms with van der Waals surface area (Å²) in [4.78, 5) is 39.6. The maximum absolute atomic E-state index is 14.0. The van der Waals surface area contributed by atoms with Crippen LogP contribution in [0.2, 0.25) is 0 Å². The zero-order valence-corrected chi connectivity index (χ0v) is 19.3. The van der Waals surface area contributed by atoms with Gasteiger partial charge in [-0.25, -0.2) is 4.79 Å². The van der Waals surface area contributed by atoms with Gasteiger partial charge in [-0.1, -0.05) is 91.0 Å². The van der Waals surface area contributed by atoms with Gasteiger partial charge in [0.2, 0.25) is 5.91 Å². The van der Waals surface area contributed by atoms with Gasteiger partial charge in [-0.05, 0) is 36.1 Å². The minimum Gasteiger partial charge on any atom is -0.462 e. The van der Waals surface area contributed by atoms with Crippen LogP contribution in [0.4, 0.5) is 0 Å². The number of ether oxygens (including phenoxy) is 1. The molecule has 3 aromatic carbocycles. The Morgan fingerprint density at radius 3 is 1.67 bits per heavy atom. The van der Waals surface area contributed by atoms with E-state index in [-0.39, 0.29) is 30.0 Å². The molecule has 1 N–H and O–H groups in total. The Kier molecular flexibility index (Phi) is 6.90. The van der Waals surface area contributed by atoms with Crippen molar-refractivity contribution in [3.05, 3.63) is 91.0 Å². The van der Waals surface area contributed by atoms with Crippen LogP contribution in [-0.2, 0) is 19.1 Å². The van der Waals surface area contributed by atoms with Crippen LogP contribution in [0.5, 0.6) is 0 Å². The third-order valence-electron chi connectivity index (χ3n) is 5.78. The molecular weight excluding hydrogens is 433 g/mol. The average Bonchev–Trinajstić information content (AvgIpc) is 3.30. The number of hydrogen-bond acceptors (Lipinski definition) is 4. The first-order valence-corrected chi connectivity index (χ1v) is 12.8. The van der Waals surface area contributed by atoms with Crippen molar-refractivity contribution >= 4 is 45.8 Å². The molecule has 0 aliphatic carbocycles.